The van der Waals surface area contributed by atoms with Crippen LogP contribution < -0.4 is 9.47 Å². The largest absolute Gasteiger partial charge is 0.493 e. The average Bonchev–Trinajstić information content (AvgIpc) is 2.96. The number of hydrogen-bond acceptors (Lipinski definition) is 5. The van der Waals surface area contributed by atoms with Gasteiger partial charge in [-0.05, 0) is 36.9 Å². The van der Waals surface area contributed by atoms with Crippen LogP contribution in [0.1, 0.15) is 10.6 Å². The van der Waals surface area contributed by atoms with Gasteiger partial charge in [0.25, 0.3) is 0 Å². The van der Waals surface area contributed by atoms with E-state index >= 15 is 0 Å². The molecule has 0 amide bonds. The molecular formula is C18H20N2O2S. The molecule has 1 heterocycles. The van der Waals surface area contributed by atoms with Gasteiger partial charge in [-0.15, -0.1) is 11.3 Å². The van der Waals surface area contributed by atoms with E-state index in [-0.39, 0.29) is 0 Å². The van der Waals surface area contributed by atoms with Crippen LogP contribution in [0.3, 0.4) is 0 Å². The summed E-state index contributed by atoms with van der Waals surface area (Å²) in [6, 6.07) is 14.3. The lowest BCUT2D eigenvalue weighted by atomic mass is 10.2. The molecular weight excluding hydrogens is 308 g/mol. The highest BCUT2D eigenvalue weighted by atomic mass is 32.1. The number of thiazole rings is 1. The Bertz CT molecular complexity index is 768. The predicted octanol–water partition coefficient (Wildman–Crippen LogP) is 3.95. The summed E-state index contributed by atoms with van der Waals surface area (Å²) in [5.74, 6) is 1.52. The first-order valence-electron chi connectivity index (χ1n) is 7.43. The fourth-order valence-electron chi connectivity index (χ4n) is 2.57. The first-order valence-corrected chi connectivity index (χ1v) is 8.25. The summed E-state index contributed by atoms with van der Waals surface area (Å²) >= 11 is 1.75. The molecule has 0 fully saturated rings. The molecule has 0 saturated carbocycles. The van der Waals surface area contributed by atoms with Crippen molar-refractivity contribution in [3.8, 4) is 11.5 Å². The molecule has 0 saturated heterocycles. The Kier molecular flexibility index (Phi) is 4.79. The normalized spacial score (nSPS) is 11.1. The molecule has 0 unspecified atom stereocenters. The minimum Gasteiger partial charge on any atom is -0.493 e. The summed E-state index contributed by atoms with van der Waals surface area (Å²) in [5, 5.41) is 1.13. The molecule has 120 valence electrons. The van der Waals surface area contributed by atoms with Gasteiger partial charge >= 0.3 is 0 Å². The topological polar surface area (TPSA) is 34.6 Å². The Labute approximate surface area is 140 Å². The third kappa shape index (κ3) is 3.63. The lowest BCUT2D eigenvalue weighted by molar-refractivity contribution is 0.316. The van der Waals surface area contributed by atoms with E-state index in [1.165, 1.54) is 10.3 Å². The zero-order chi connectivity index (χ0) is 16.2. The molecule has 23 heavy (non-hydrogen) atoms. The van der Waals surface area contributed by atoms with Crippen LogP contribution in [0.5, 0.6) is 11.5 Å². The molecule has 0 N–H and O–H groups in total. The van der Waals surface area contributed by atoms with Gasteiger partial charge in [0.05, 0.1) is 31.0 Å². The van der Waals surface area contributed by atoms with Crippen molar-refractivity contribution in [3.05, 3.63) is 53.0 Å². The van der Waals surface area contributed by atoms with Crippen LogP contribution in [0, 0.1) is 0 Å². The van der Waals surface area contributed by atoms with Crippen molar-refractivity contribution in [2.45, 2.75) is 13.1 Å². The predicted molar refractivity (Wildman–Crippen MR) is 94.3 cm³/mol. The zero-order valence-corrected chi connectivity index (χ0v) is 14.4. The maximum atomic E-state index is 5.36. The number of nitrogens with zero attached hydrogens (tertiary/aromatic N) is 2. The van der Waals surface area contributed by atoms with Gasteiger partial charge in [-0.3, -0.25) is 4.90 Å². The lowest BCUT2D eigenvalue weighted by Gasteiger charge is -2.16. The third-order valence-electron chi connectivity index (χ3n) is 3.64. The fraction of sp³-hybridized carbons (Fsp3) is 0.278. The summed E-state index contributed by atoms with van der Waals surface area (Å²) in [6.45, 7) is 1.66. The Morgan fingerprint density at radius 1 is 1.00 bits per heavy atom. The lowest BCUT2D eigenvalue weighted by Crippen LogP contribution is -2.17. The van der Waals surface area contributed by atoms with Gasteiger partial charge in [0, 0.05) is 6.54 Å². The van der Waals surface area contributed by atoms with Crippen molar-refractivity contribution in [1.29, 1.82) is 0 Å². The fourth-order valence-corrected chi connectivity index (χ4v) is 3.61. The van der Waals surface area contributed by atoms with Crippen LogP contribution in [0.15, 0.2) is 42.5 Å². The molecule has 0 aliphatic carbocycles. The van der Waals surface area contributed by atoms with Crippen LogP contribution >= 0.6 is 11.3 Å². The molecule has 0 atom stereocenters. The van der Waals surface area contributed by atoms with Crippen molar-refractivity contribution in [1.82, 2.24) is 9.88 Å². The van der Waals surface area contributed by atoms with Crippen molar-refractivity contribution in [2.75, 3.05) is 21.3 Å². The smallest absolute Gasteiger partial charge is 0.161 e. The zero-order valence-electron chi connectivity index (χ0n) is 13.6. The van der Waals surface area contributed by atoms with Gasteiger partial charge in [0.1, 0.15) is 5.01 Å². The van der Waals surface area contributed by atoms with E-state index in [0.29, 0.717) is 0 Å². The summed E-state index contributed by atoms with van der Waals surface area (Å²) in [7, 11) is 5.41. The molecule has 0 aliphatic heterocycles. The van der Waals surface area contributed by atoms with Gasteiger partial charge in [-0.1, -0.05) is 18.2 Å². The minimum atomic E-state index is 0.755. The average molecular weight is 328 g/mol. The summed E-state index contributed by atoms with van der Waals surface area (Å²) in [5.41, 5.74) is 2.26. The number of methoxy groups -OCH3 is 2. The Hall–Kier alpha value is -2.11. The highest BCUT2D eigenvalue weighted by Crippen LogP contribution is 2.28. The summed E-state index contributed by atoms with van der Waals surface area (Å²) < 4.78 is 11.9. The SMILES string of the molecule is COc1ccc(CN(C)Cc2nc3ccccc3s2)cc1OC. The number of para-hydroxylation sites is 1. The molecule has 0 aliphatic rings. The Morgan fingerprint density at radius 3 is 2.52 bits per heavy atom. The van der Waals surface area contributed by atoms with Crippen molar-refractivity contribution >= 4 is 21.6 Å². The quantitative estimate of drug-likeness (QED) is 0.686. The molecule has 4 nitrogen and oxygen atoms in total. The first kappa shape index (κ1) is 15.8. The number of hydrogen-bond donors (Lipinski definition) is 0. The van der Waals surface area contributed by atoms with Gasteiger partial charge < -0.3 is 9.47 Å². The number of ether oxygens (including phenoxy) is 2. The molecule has 2 aromatic carbocycles. The molecule has 3 rings (SSSR count). The second kappa shape index (κ2) is 6.98. The second-order valence-electron chi connectivity index (χ2n) is 5.44. The number of benzene rings is 2. The van der Waals surface area contributed by atoms with E-state index in [1.54, 1.807) is 25.6 Å². The molecule has 5 heteroatoms. The highest BCUT2D eigenvalue weighted by Gasteiger charge is 2.09. The maximum Gasteiger partial charge on any atom is 0.161 e. The molecule has 0 radical (unpaired) electrons. The van der Waals surface area contributed by atoms with Gasteiger partial charge in [-0.25, -0.2) is 4.98 Å². The van der Waals surface area contributed by atoms with Gasteiger partial charge in [0.15, 0.2) is 11.5 Å². The van der Waals surface area contributed by atoms with E-state index in [0.717, 1.165) is 35.1 Å². The van der Waals surface area contributed by atoms with Crippen LogP contribution in [0.2, 0.25) is 0 Å². The van der Waals surface area contributed by atoms with E-state index in [4.69, 9.17) is 9.47 Å². The van der Waals surface area contributed by atoms with Crippen LogP contribution in [0.25, 0.3) is 10.2 Å². The monoisotopic (exact) mass is 328 g/mol. The third-order valence-corrected chi connectivity index (χ3v) is 4.66. The molecule has 0 spiro atoms. The Morgan fingerprint density at radius 2 is 1.78 bits per heavy atom. The van der Waals surface area contributed by atoms with Crippen molar-refractivity contribution in [3.63, 3.8) is 0 Å². The van der Waals surface area contributed by atoms with Crippen LogP contribution in [0.4, 0.5) is 0 Å². The number of aromatic nitrogens is 1. The first-order chi connectivity index (χ1) is 11.2. The second-order valence-corrected chi connectivity index (χ2v) is 6.55. The van der Waals surface area contributed by atoms with E-state index in [9.17, 15) is 0 Å². The van der Waals surface area contributed by atoms with Gasteiger partial charge in [0.2, 0.25) is 0 Å². The highest BCUT2D eigenvalue weighted by molar-refractivity contribution is 7.18. The number of fused-ring (bicyclic) bond motifs is 1. The molecule has 1 aromatic heterocycles. The standard InChI is InChI=1S/C18H20N2O2S/c1-20(11-13-8-9-15(21-2)16(10-13)22-3)12-18-19-14-6-4-5-7-17(14)23-18/h4-10H,11-12H2,1-3H3. The van der Waals surface area contributed by atoms with Crippen LogP contribution in [-0.4, -0.2) is 31.2 Å². The van der Waals surface area contributed by atoms with Crippen LogP contribution in [-0.2, 0) is 13.1 Å². The van der Waals surface area contributed by atoms with Crippen molar-refractivity contribution < 1.29 is 9.47 Å². The van der Waals surface area contributed by atoms with E-state index < -0.39 is 0 Å². The van der Waals surface area contributed by atoms with E-state index in [1.807, 2.05) is 18.2 Å². The summed E-state index contributed by atoms with van der Waals surface area (Å²) in [4.78, 5) is 6.94. The van der Waals surface area contributed by atoms with Crippen molar-refractivity contribution in [2.24, 2.45) is 0 Å². The molecule has 3 aromatic rings. The van der Waals surface area contributed by atoms with Gasteiger partial charge in [-0.2, -0.15) is 0 Å². The molecule has 0 bridgehead atoms. The van der Waals surface area contributed by atoms with E-state index in [2.05, 4.69) is 41.2 Å². The summed E-state index contributed by atoms with van der Waals surface area (Å²) in [6.07, 6.45) is 0. The number of rotatable bonds is 6. The maximum absolute atomic E-state index is 5.36. The Balaban J connectivity index is 1.70. The minimum absolute atomic E-state index is 0.755.